The van der Waals surface area contributed by atoms with Crippen molar-refractivity contribution in [3.63, 3.8) is 0 Å². The highest BCUT2D eigenvalue weighted by atomic mass is 16.1. The van der Waals surface area contributed by atoms with Crippen LogP contribution in [0.25, 0.3) is 0 Å². The van der Waals surface area contributed by atoms with Crippen molar-refractivity contribution in [2.45, 2.75) is 77.6 Å². The first-order valence-corrected chi connectivity index (χ1v) is 8.92. The summed E-state index contributed by atoms with van der Waals surface area (Å²) in [5, 5.41) is 6.10. The van der Waals surface area contributed by atoms with Gasteiger partial charge in [-0.3, -0.25) is 4.79 Å². The second-order valence-electron chi connectivity index (χ2n) is 5.78. The van der Waals surface area contributed by atoms with Gasteiger partial charge in [0.2, 0.25) is 5.91 Å². The molecule has 124 valence electrons. The van der Waals surface area contributed by atoms with Crippen molar-refractivity contribution < 1.29 is 4.79 Å². The van der Waals surface area contributed by atoms with Crippen molar-refractivity contribution in [3.05, 3.63) is 12.7 Å². The lowest BCUT2D eigenvalue weighted by Crippen LogP contribution is -2.31. The van der Waals surface area contributed by atoms with Crippen molar-refractivity contribution in [1.29, 1.82) is 0 Å². The number of rotatable bonds is 16. The minimum atomic E-state index is -0.0912. The maximum absolute atomic E-state index is 10.9. The molecule has 0 saturated carbocycles. The summed E-state index contributed by atoms with van der Waals surface area (Å²) < 4.78 is 0. The van der Waals surface area contributed by atoms with E-state index in [2.05, 4.69) is 24.1 Å². The van der Waals surface area contributed by atoms with Crippen LogP contribution in [-0.2, 0) is 4.79 Å². The molecule has 0 saturated heterocycles. The van der Waals surface area contributed by atoms with Gasteiger partial charge in [0, 0.05) is 13.1 Å². The van der Waals surface area contributed by atoms with Crippen LogP contribution in [0, 0.1) is 0 Å². The molecule has 2 N–H and O–H groups in total. The summed E-state index contributed by atoms with van der Waals surface area (Å²) in [5.74, 6) is -0.0912. The molecule has 0 fully saturated rings. The number of hydrogen-bond acceptors (Lipinski definition) is 2. The smallest absolute Gasteiger partial charge is 0.243 e. The zero-order chi connectivity index (χ0) is 15.6. The minimum Gasteiger partial charge on any atom is -0.351 e. The molecule has 3 nitrogen and oxygen atoms in total. The van der Waals surface area contributed by atoms with Gasteiger partial charge >= 0.3 is 0 Å². The Bertz CT molecular complexity index is 241. The molecule has 0 aliphatic carbocycles. The average molecular weight is 296 g/mol. The molecule has 0 aromatic rings. The molecule has 0 radical (unpaired) electrons. The lowest BCUT2D eigenvalue weighted by molar-refractivity contribution is -0.116. The molecule has 0 spiro atoms. The molecule has 0 atom stereocenters. The summed E-state index contributed by atoms with van der Waals surface area (Å²) in [6, 6.07) is 0. The summed E-state index contributed by atoms with van der Waals surface area (Å²) in [6.07, 6.45) is 16.5. The van der Waals surface area contributed by atoms with E-state index < -0.39 is 0 Å². The molecule has 0 aliphatic heterocycles. The van der Waals surface area contributed by atoms with Crippen molar-refractivity contribution in [3.8, 4) is 0 Å². The second-order valence-corrected chi connectivity index (χ2v) is 5.78. The Labute approximate surface area is 132 Å². The number of hydrogen-bond donors (Lipinski definition) is 2. The topological polar surface area (TPSA) is 41.1 Å². The fourth-order valence-corrected chi connectivity index (χ4v) is 2.39. The molecule has 0 unspecified atom stereocenters. The van der Waals surface area contributed by atoms with Crippen molar-refractivity contribution in [2.75, 3.05) is 19.6 Å². The Balaban J connectivity index is 2.99. The average Bonchev–Trinajstić information content (AvgIpc) is 2.50. The zero-order valence-electron chi connectivity index (χ0n) is 14.1. The maximum Gasteiger partial charge on any atom is 0.243 e. The molecule has 0 heterocycles. The van der Waals surface area contributed by atoms with Gasteiger partial charge in [0.05, 0.1) is 0 Å². The van der Waals surface area contributed by atoms with Crippen LogP contribution >= 0.6 is 0 Å². The molecular formula is C18H36N2O. The summed E-state index contributed by atoms with van der Waals surface area (Å²) >= 11 is 0. The third kappa shape index (κ3) is 17.1. The first-order valence-electron chi connectivity index (χ1n) is 8.92. The van der Waals surface area contributed by atoms with E-state index in [4.69, 9.17) is 0 Å². The first-order chi connectivity index (χ1) is 10.3. The first kappa shape index (κ1) is 20.2. The number of unbranched alkanes of at least 4 members (excludes halogenated alkanes) is 10. The highest BCUT2D eigenvalue weighted by Crippen LogP contribution is 2.10. The largest absolute Gasteiger partial charge is 0.351 e. The lowest BCUT2D eigenvalue weighted by atomic mass is 10.1. The fraction of sp³-hybridized carbons (Fsp3) is 0.833. The van der Waals surface area contributed by atoms with E-state index in [9.17, 15) is 4.79 Å². The predicted molar refractivity (Wildman–Crippen MR) is 92.5 cm³/mol. The molecule has 0 aliphatic rings. The van der Waals surface area contributed by atoms with Crippen LogP contribution in [-0.4, -0.2) is 25.5 Å². The summed E-state index contributed by atoms with van der Waals surface area (Å²) in [6.45, 7) is 8.27. The Hall–Kier alpha value is -0.830. The number of nitrogens with one attached hydrogen (secondary N) is 2. The van der Waals surface area contributed by atoms with Crippen LogP contribution in [0.2, 0.25) is 0 Å². The fourth-order valence-electron chi connectivity index (χ4n) is 2.39. The quantitative estimate of drug-likeness (QED) is 0.331. The van der Waals surface area contributed by atoms with E-state index in [-0.39, 0.29) is 5.91 Å². The van der Waals surface area contributed by atoms with Gasteiger partial charge in [0.25, 0.3) is 0 Å². The highest BCUT2D eigenvalue weighted by Gasteiger charge is 1.94. The third-order valence-electron chi connectivity index (χ3n) is 3.74. The Morgan fingerprint density at radius 1 is 0.810 bits per heavy atom. The molecule has 1 amide bonds. The standard InChI is InChI=1S/C18H36N2O/c1-3-5-6-7-8-9-10-11-12-13-14-15-19-16-17-20-18(21)4-2/h4,19H,2-3,5-17H2,1H3,(H,20,21). The summed E-state index contributed by atoms with van der Waals surface area (Å²) in [4.78, 5) is 10.9. The van der Waals surface area contributed by atoms with E-state index in [1.165, 1.54) is 76.7 Å². The second kappa shape index (κ2) is 17.2. The molecule has 0 aromatic carbocycles. The van der Waals surface area contributed by atoms with E-state index in [0.29, 0.717) is 6.54 Å². The molecule has 0 aromatic heterocycles. The van der Waals surface area contributed by atoms with E-state index in [0.717, 1.165) is 13.1 Å². The van der Waals surface area contributed by atoms with Gasteiger partial charge in [-0.05, 0) is 19.0 Å². The van der Waals surface area contributed by atoms with Gasteiger partial charge in [-0.15, -0.1) is 0 Å². The van der Waals surface area contributed by atoms with Crippen LogP contribution < -0.4 is 10.6 Å². The maximum atomic E-state index is 10.9. The van der Waals surface area contributed by atoms with Gasteiger partial charge in [0.1, 0.15) is 0 Å². The SMILES string of the molecule is C=CC(=O)NCCNCCCCCCCCCCCCC. The van der Waals surface area contributed by atoms with Crippen LogP contribution in [0.15, 0.2) is 12.7 Å². The monoisotopic (exact) mass is 296 g/mol. The summed E-state index contributed by atoms with van der Waals surface area (Å²) in [7, 11) is 0. The van der Waals surface area contributed by atoms with Crippen LogP contribution in [0.3, 0.4) is 0 Å². The van der Waals surface area contributed by atoms with Gasteiger partial charge in [-0.2, -0.15) is 0 Å². The molecule has 3 heteroatoms. The van der Waals surface area contributed by atoms with E-state index in [1.54, 1.807) is 0 Å². The molecule has 21 heavy (non-hydrogen) atoms. The van der Waals surface area contributed by atoms with Gasteiger partial charge in [-0.25, -0.2) is 0 Å². The van der Waals surface area contributed by atoms with Crippen molar-refractivity contribution in [1.82, 2.24) is 10.6 Å². The van der Waals surface area contributed by atoms with Gasteiger partial charge in [-0.1, -0.05) is 77.7 Å². The molecule has 0 rings (SSSR count). The number of carbonyl (C=O) groups excluding carboxylic acids is 1. The van der Waals surface area contributed by atoms with E-state index >= 15 is 0 Å². The third-order valence-corrected chi connectivity index (χ3v) is 3.74. The normalized spacial score (nSPS) is 10.5. The van der Waals surface area contributed by atoms with Crippen molar-refractivity contribution >= 4 is 5.91 Å². The summed E-state index contributed by atoms with van der Waals surface area (Å²) in [5.41, 5.74) is 0. The zero-order valence-corrected chi connectivity index (χ0v) is 14.1. The lowest BCUT2D eigenvalue weighted by Gasteiger charge is -2.05. The van der Waals surface area contributed by atoms with Crippen LogP contribution in [0.1, 0.15) is 77.6 Å². The predicted octanol–water partition coefficient (Wildman–Crippen LogP) is 4.19. The Kier molecular flexibility index (Phi) is 16.5. The highest BCUT2D eigenvalue weighted by molar-refractivity contribution is 5.86. The molecular weight excluding hydrogens is 260 g/mol. The van der Waals surface area contributed by atoms with E-state index in [1.807, 2.05) is 0 Å². The minimum absolute atomic E-state index is 0.0912. The molecule has 0 bridgehead atoms. The number of amides is 1. The van der Waals surface area contributed by atoms with Gasteiger partial charge < -0.3 is 10.6 Å². The number of carbonyl (C=O) groups is 1. The van der Waals surface area contributed by atoms with Gasteiger partial charge in [0.15, 0.2) is 0 Å². The Morgan fingerprint density at radius 3 is 1.86 bits per heavy atom. The van der Waals surface area contributed by atoms with Crippen molar-refractivity contribution in [2.24, 2.45) is 0 Å². The Morgan fingerprint density at radius 2 is 1.33 bits per heavy atom. The van der Waals surface area contributed by atoms with Crippen LogP contribution in [0.4, 0.5) is 0 Å². The van der Waals surface area contributed by atoms with Crippen LogP contribution in [0.5, 0.6) is 0 Å².